The molecule has 1 nitrogen and oxygen atoms in total. The summed E-state index contributed by atoms with van der Waals surface area (Å²) in [5.74, 6) is 0.738. The lowest BCUT2D eigenvalue weighted by Gasteiger charge is -2.38. The van der Waals surface area contributed by atoms with Crippen LogP contribution in [0.4, 0.5) is 0 Å². The second-order valence-electron chi connectivity index (χ2n) is 5.30. The first-order valence-corrected chi connectivity index (χ1v) is 5.35. The van der Waals surface area contributed by atoms with E-state index in [0.29, 0.717) is 5.54 Å². The predicted octanol–water partition coefficient (Wildman–Crippen LogP) is 3.07. The van der Waals surface area contributed by atoms with Crippen LogP contribution in [0.2, 0.25) is 0 Å². The molecule has 0 fully saturated rings. The molecule has 1 heterocycles. The normalized spacial score (nSPS) is 20.6. The van der Waals surface area contributed by atoms with E-state index < -0.39 is 0 Å². The van der Waals surface area contributed by atoms with Crippen LogP contribution in [0.25, 0.3) is 0 Å². The van der Waals surface area contributed by atoms with Crippen molar-refractivity contribution in [1.82, 2.24) is 4.90 Å². The molecule has 0 aromatic rings. The highest BCUT2D eigenvalue weighted by Gasteiger charge is 2.23. The fourth-order valence-corrected chi connectivity index (χ4v) is 1.82. The third kappa shape index (κ3) is 2.84. The summed E-state index contributed by atoms with van der Waals surface area (Å²) in [7, 11) is 0. The van der Waals surface area contributed by atoms with Crippen LogP contribution < -0.4 is 0 Å². The van der Waals surface area contributed by atoms with Crippen molar-refractivity contribution in [3.63, 3.8) is 0 Å². The van der Waals surface area contributed by atoms with Crippen molar-refractivity contribution in [2.75, 3.05) is 13.1 Å². The predicted molar refractivity (Wildman–Crippen MR) is 58.9 cm³/mol. The van der Waals surface area contributed by atoms with Crippen LogP contribution in [0.5, 0.6) is 0 Å². The van der Waals surface area contributed by atoms with Crippen molar-refractivity contribution in [1.29, 1.82) is 0 Å². The maximum Gasteiger partial charge on any atom is 0.0171 e. The Morgan fingerprint density at radius 3 is 2.23 bits per heavy atom. The Kier molecular flexibility index (Phi) is 3.18. The molecule has 0 amide bonds. The molecule has 0 atom stereocenters. The Morgan fingerprint density at radius 1 is 1.31 bits per heavy atom. The standard InChI is InChI=1S/C12H23N/c1-10(2)11-6-8-13(9-7-11)12(3,4)5/h6,10H,7-9H2,1-5H3. The van der Waals surface area contributed by atoms with E-state index in [0.717, 1.165) is 12.5 Å². The lowest BCUT2D eigenvalue weighted by molar-refractivity contribution is 0.147. The van der Waals surface area contributed by atoms with Gasteiger partial charge < -0.3 is 0 Å². The summed E-state index contributed by atoms with van der Waals surface area (Å²) in [6.45, 7) is 13.8. The van der Waals surface area contributed by atoms with Crippen molar-refractivity contribution < 1.29 is 0 Å². The zero-order valence-corrected chi connectivity index (χ0v) is 9.72. The fourth-order valence-electron chi connectivity index (χ4n) is 1.82. The Labute approximate surface area is 82.8 Å². The molecule has 0 bridgehead atoms. The summed E-state index contributed by atoms with van der Waals surface area (Å²) >= 11 is 0. The van der Waals surface area contributed by atoms with Crippen LogP contribution >= 0.6 is 0 Å². The van der Waals surface area contributed by atoms with Crippen LogP contribution in [0.15, 0.2) is 11.6 Å². The maximum atomic E-state index is 2.54. The first kappa shape index (κ1) is 10.8. The summed E-state index contributed by atoms with van der Waals surface area (Å²) in [6, 6.07) is 0. The van der Waals surface area contributed by atoms with Crippen molar-refractivity contribution in [2.24, 2.45) is 5.92 Å². The van der Waals surface area contributed by atoms with Crippen LogP contribution in [0, 0.1) is 5.92 Å². The minimum Gasteiger partial charge on any atom is -0.295 e. The Hall–Kier alpha value is -0.300. The van der Waals surface area contributed by atoms with Crippen molar-refractivity contribution in [2.45, 2.75) is 46.6 Å². The first-order valence-electron chi connectivity index (χ1n) is 5.35. The van der Waals surface area contributed by atoms with E-state index >= 15 is 0 Å². The van der Waals surface area contributed by atoms with E-state index in [4.69, 9.17) is 0 Å². The van der Waals surface area contributed by atoms with Gasteiger partial charge in [-0.25, -0.2) is 0 Å². The number of nitrogens with zero attached hydrogens (tertiary/aromatic N) is 1. The second-order valence-corrected chi connectivity index (χ2v) is 5.30. The smallest absolute Gasteiger partial charge is 0.0171 e. The Bertz CT molecular complexity index is 196. The van der Waals surface area contributed by atoms with Gasteiger partial charge in [-0.3, -0.25) is 4.90 Å². The van der Waals surface area contributed by atoms with Gasteiger partial charge in [0, 0.05) is 18.6 Å². The molecule has 0 N–H and O–H groups in total. The van der Waals surface area contributed by atoms with Gasteiger partial charge in [0.05, 0.1) is 0 Å². The van der Waals surface area contributed by atoms with Crippen molar-refractivity contribution in [3.05, 3.63) is 11.6 Å². The summed E-state index contributed by atoms with van der Waals surface area (Å²) < 4.78 is 0. The number of rotatable bonds is 1. The lowest BCUT2D eigenvalue weighted by Crippen LogP contribution is -2.44. The molecule has 1 heteroatoms. The summed E-state index contributed by atoms with van der Waals surface area (Å²) in [6.07, 6.45) is 3.67. The quantitative estimate of drug-likeness (QED) is 0.562. The largest absolute Gasteiger partial charge is 0.295 e. The van der Waals surface area contributed by atoms with E-state index in [-0.39, 0.29) is 0 Å². The molecular weight excluding hydrogens is 158 g/mol. The molecule has 0 saturated carbocycles. The van der Waals surface area contributed by atoms with Gasteiger partial charge in [-0.05, 0) is 33.1 Å². The highest BCUT2D eigenvalue weighted by atomic mass is 15.2. The molecule has 0 aromatic heterocycles. The number of hydrogen-bond donors (Lipinski definition) is 0. The van der Waals surface area contributed by atoms with E-state index in [9.17, 15) is 0 Å². The first-order chi connectivity index (χ1) is 5.91. The molecule has 76 valence electrons. The molecule has 13 heavy (non-hydrogen) atoms. The van der Waals surface area contributed by atoms with Gasteiger partial charge >= 0.3 is 0 Å². The average Bonchev–Trinajstić information content (AvgIpc) is 2.03. The third-order valence-electron chi connectivity index (χ3n) is 2.93. The van der Waals surface area contributed by atoms with Gasteiger partial charge in [0.2, 0.25) is 0 Å². The van der Waals surface area contributed by atoms with E-state index in [1.54, 1.807) is 5.57 Å². The third-order valence-corrected chi connectivity index (χ3v) is 2.93. The van der Waals surface area contributed by atoms with Gasteiger partial charge in [-0.1, -0.05) is 25.5 Å². The highest BCUT2D eigenvalue weighted by molar-refractivity contribution is 5.10. The maximum absolute atomic E-state index is 2.54. The SMILES string of the molecule is CC(C)C1=CCN(C(C)(C)C)CC1. The molecule has 0 aromatic carbocycles. The molecule has 1 aliphatic rings. The van der Waals surface area contributed by atoms with Crippen LogP contribution in [-0.2, 0) is 0 Å². The van der Waals surface area contributed by atoms with Crippen molar-refractivity contribution in [3.8, 4) is 0 Å². The van der Waals surface area contributed by atoms with Gasteiger partial charge in [-0.2, -0.15) is 0 Å². The van der Waals surface area contributed by atoms with E-state index in [1.165, 1.54) is 13.0 Å². The topological polar surface area (TPSA) is 3.24 Å². The number of hydrogen-bond acceptors (Lipinski definition) is 1. The molecule has 1 rings (SSSR count). The zero-order chi connectivity index (χ0) is 10.1. The lowest BCUT2D eigenvalue weighted by atomic mass is 9.94. The Morgan fingerprint density at radius 2 is 1.92 bits per heavy atom. The molecule has 0 unspecified atom stereocenters. The molecule has 0 saturated heterocycles. The van der Waals surface area contributed by atoms with Gasteiger partial charge in [0.15, 0.2) is 0 Å². The van der Waals surface area contributed by atoms with E-state index in [2.05, 4.69) is 45.6 Å². The van der Waals surface area contributed by atoms with Gasteiger partial charge in [0.25, 0.3) is 0 Å². The molecule has 0 radical (unpaired) electrons. The minimum absolute atomic E-state index is 0.332. The summed E-state index contributed by atoms with van der Waals surface area (Å²) in [5, 5.41) is 0. The average molecular weight is 181 g/mol. The van der Waals surface area contributed by atoms with Gasteiger partial charge in [-0.15, -0.1) is 0 Å². The molecule has 0 aliphatic carbocycles. The molecule has 0 spiro atoms. The van der Waals surface area contributed by atoms with Crippen molar-refractivity contribution >= 4 is 0 Å². The second kappa shape index (κ2) is 3.83. The van der Waals surface area contributed by atoms with Gasteiger partial charge in [0.1, 0.15) is 0 Å². The van der Waals surface area contributed by atoms with Crippen LogP contribution in [0.1, 0.15) is 41.0 Å². The highest BCUT2D eigenvalue weighted by Crippen LogP contribution is 2.23. The van der Waals surface area contributed by atoms with E-state index in [1.807, 2.05) is 0 Å². The Balaban J connectivity index is 2.56. The fraction of sp³-hybridized carbons (Fsp3) is 0.833. The summed E-state index contributed by atoms with van der Waals surface area (Å²) in [4.78, 5) is 2.54. The monoisotopic (exact) mass is 181 g/mol. The molecular formula is C12H23N. The van der Waals surface area contributed by atoms with Crippen LogP contribution in [-0.4, -0.2) is 23.5 Å². The summed E-state index contributed by atoms with van der Waals surface area (Å²) in [5.41, 5.74) is 1.97. The zero-order valence-electron chi connectivity index (χ0n) is 9.72. The minimum atomic E-state index is 0.332. The molecule has 1 aliphatic heterocycles. The van der Waals surface area contributed by atoms with Crippen LogP contribution in [0.3, 0.4) is 0 Å².